The third-order valence-corrected chi connectivity index (χ3v) is 5.16. The number of benzene rings is 2. The largest absolute Gasteiger partial charge is 0.493 e. The molecule has 2 aromatic carbocycles. The van der Waals surface area contributed by atoms with E-state index in [1.807, 2.05) is 60.1 Å². The predicted octanol–water partition coefficient (Wildman–Crippen LogP) is 2.91. The molecule has 0 fully saturated rings. The average molecular weight is 398 g/mol. The van der Waals surface area contributed by atoms with Gasteiger partial charge in [-0.05, 0) is 23.8 Å². The summed E-state index contributed by atoms with van der Waals surface area (Å²) in [6, 6.07) is 15.4. The van der Waals surface area contributed by atoms with Gasteiger partial charge < -0.3 is 19.4 Å². The van der Waals surface area contributed by atoms with Crippen molar-refractivity contribution in [2.45, 2.75) is 11.7 Å². The van der Waals surface area contributed by atoms with Crippen LogP contribution in [-0.2, 0) is 18.4 Å². The van der Waals surface area contributed by atoms with Crippen LogP contribution in [0, 0.1) is 0 Å². The minimum atomic E-state index is -0.0514. The Bertz CT molecular complexity index is 944. The van der Waals surface area contributed by atoms with E-state index in [1.54, 1.807) is 14.2 Å². The zero-order valence-corrected chi connectivity index (χ0v) is 16.8. The number of rotatable bonds is 8. The summed E-state index contributed by atoms with van der Waals surface area (Å²) >= 11 is 1.34. The summed E-state index contributed by atoms with van der Waals surface area (Å²) in [5.41, 5.74) is 1.92. The Morgan fingerprint density at radius 3 is 2.54 bits per heavy atom. The highest BCUT2D eigenvalue weighted by molar-refractivity contribution is 7.99. The lowest BCUT2D eigenvalue weighted by Crippen LogP contribution is -2.24. The fourth-order valence-electron chi connectivity index (χ4n) is 2.64. The Labute approximate surface area is 168 Å². The predicted molar refractivity (Wildman–Crippen MR) is 109 cm³/mol. The highest BCUT2D eigenvalue weighted by atomic mass is 32.2. The van der Waals surface area contributed by atoms with Crippen LogP contribution in [0.3, 0.4) is 0 Å². The second-order valence-electron chi connectivity index (χ2n) is 5.99. The molecule has 0 atom stereocenters. The summed E-state index contributed by atoms with van der Waals surface area (Å²) in [7, 11) is 5.06. The first-order valence-corrected chi connectivity index (χ1v) is 9.66. The lowest BCUT2D eigenvalue weighted by molar-refractivity contribution is -0.118. The molecule has 7 nitrogen and oxygen atoms in total. The van der Waals surface area contributed by atoms with Gasteiger partial charge in [-0.2, -0.15) is 0 Å². The van der Waals surface area contributed by atoms with Crippen molar-refractivity contribution in [3.05, 3.63) is 54.1 Å². The SMILES string of the molecule is COc1ccc(-c2nnc(SCC(=O)NCc3ccccc3)n2C)cc1OC. The molecule has 0 aliphatic heterocycles. The van der Waals surface area contributed by atoms with Crippen molar-refractivity contribution in [3.63, 3.8) is 0 Å². The van der Waals surface area contributed by atoms with Gasteiger partial charge in [0.1, 0.15) is 0 Å². The normalized spacial score (nSPS) is 10.5. The van der Waals surface area contributed by atoms with Gasteiger partial charge in [0, 0.05) is 19.2 Å². The number of aromatic nitrogens is 3. The zero-order valence-electron chi connectivity index (χ0n) is 16.0. The van der Waals surface area contributed by atoms with Gasteiger partial charge in [0.25, 0.3) is 0 Å². The fourth-order valence-corrected chi connectivity index (χ4v) is 3.39. The Balaban J connectivity index is 1.62. The summed E-state index contributed by atoms with van der Waals surface area (Å²) in [4.78, 5) is 12.1. The number of nitrogens with one attached hydrogen (secondary N) is 1. The number of carbonyl (C=O) groups excluding carboxylic acids is 1. The van der Waals surface area contributed by atoms with Gasteiger partial charge in [-0.25, -0.2) is 0 Å². The van der Waals surface area contributed by atoms with Crippen LogP contribution in [0.15, 0.2) is 53.7 Å². The molecular weight excluding hydrogens is 376 g/mol. The van der Waals surface area contributed by atoms with E-state index in [9.17, 15) is 4.79 Å². The quantitative estimate of drug-likeness (QED) is 0.588. The van der Waals surface area contributed by atoms with Gasteiger partial charge in [-0.3, -0.25) is 4.79 Å². The third-order valence-electron chi connectivity index (χ3n) is 4.14. The maximum absolute atomic E-state index is 12.1. The number of ether oxygens (including phenoxy) is 2. The van der Waals surface area contributed by atoms with Crippen molar-refractivity contribution in [2.75, 3.05) is 20.0 Å². The molecule has 0 saturated carbocycles. The summed E-state index contributed by atoms with van der Waals surface area (Å²) in [5.74, 6) is 2.18. The first kappa shape index (κ1) is 19.8. The maximum Gasteiger partial charge on any atom is 0.230 e. The van der Waals surface area contributed by atoms with E-state index >= 15 is 0 Å². The molecule has 3 rings (SSSR count). The molecule has 0 aliphatic rings. The van der Waals surface area contributed by atoms with Gasteiger partial charge in [-0.15, -0.1) is 10.2 Å². The Morgan fingerprint density at radius 2 is 1.82 bits per heavy atom. The zero-order chi connectivity index (χ0) is 19.9. The summed E-state index contributed by atoms with van der Waals surface area (Å²) in [5, 5.41) is 12.0. The van der Waals surface area contributed by atoms with Crippen molar-refractivity contribution in [3.8, 4) is 22.9 Å². The van der Waals surface area contributed by atoms with Crippen LogP contribution >= 0.6 is 11.8 Å². The molecule has 1 heterocycles. The van der Waals surface area contributed by atoms with E-state index in [2.05, 4.69) is 15.5 Å². The number of nitrogens with zero attached hydrogens (tertiary/aromatic N) is 3. The first-order valence-electron chi connectivity index (χ1n) is 8.67. The van der Waals surface area contributed by atoms with Crippen molar-refractivity contribution in [1.82, 2.24) is 20.1 Å². The van der Waals surface area contributed by atoms with Crippen LogP contribution in [-0.4, -0.2) is 40.6 Å². The second-order valence-corrected chi connectivity index (χ2v) is 6.93. The third kappa shape index (κ3) is 4.64. The molecule has 0 aliphatic carbocycles. The van der Waals surface area contributed by atoms with Gasteiger partial charge >= 0.3 is 0 Å². The Morgan fingerprint density at radius 1 is 1.07 bits per heavy atom. The van der Waals surface area contributed by atoms with Crippen LogP contribution in [0.1, 0.15) is 5.56 Å². The number of carbonyl (C=O) groups is 1. The van der Waals surface area contributed by atoms with Crippen LogP contribution in [0.4, 0.5) is 0 Å². The van der Waals surface area contributed by atoms with E-state index in [1.165, 1.54) is 11.8 Å². The Hall–Kier alpha value is -3.00. The van der Waals surface area contributed by atoms with Crippen molar-refractivity contribution in [2.24, 2.45) is 7.05 Å². The van der Waals surface area contributed by atoms with Gasteiger partial charge in [-0.1, -0.05) is 42.1 Å². The molecular formula is C20H22N4O3S. The summed E-state index contributed by atoms with van der Waals surface area (Å²) < 4.78 is 12.5. The number of hydrogen-bond donors (Lipinski definition) is 1. The average Bonchev–Trinajstić information content (AvgIpc) is 3.11. The van der Waals surface area contributed by atoms with E-state index < -0.39 is 0 Å². The van der Waals surface area contributed by atoms with Gasteiger partial charge in [0.05, 0.1) is 20.0 Å². The van der Waals surface area contributed by atoms with E-state index in [0.29, 0.717) is 29.0 Å². The highest BCUT2D eigenvalue weighted by Crippen LogP contribution is 2.32. The molecule has 0 spiro atoms. The van der Waals surface area contributed by atoms with E-state index in [-0.39, 0.29) is 11.7 Å². The maximum atomic E-state index is 12.1. The molecule has 146 valence electrons. The van der Waals surface area contributed by atoms with Crippen LogP contribution in [0.5, 0.6) is 11.5 Å². The number of methoxy groups -OCH3 is 2. The molecule has 0 unspecified atom stereocenters. The molecule has 1 N–H and O–H groups in total. The van der Waals surface area contributed by atoms with Crippen molar-refractivity contribution in [1.29, 1.82) is 0 Å². The highest BCUT2D eigenvalue weighted by Gasteiger charge is 2.15. The molecule has 3 aromatic rings. The molecule has 8 heteroatoms. The molecule has 0 saturated heterocycles. The van der Waals surface area contributed by atoms with Crippen molar-refractivity contribution < 1.29 is 14.3 Å². The minimum absolute atomic E-state index is 0.0514. The smallest absolute Gasteiger partial charge is 0.230 e. The molecule has 28 heavy (non-hydrogen) atoms. The fraction of sp³-hybridized carbons (Fsp3) is 0.250. The van der Waals surface area contributed by atoms with E-state index in [4.69, 9.17) is 9.47 Å². The van der Waals surface area contributed by atoms with Crippen LogP contribution in [0.25, 0.3) is 11.4 Å². The van der Waals surface area contributed by atoms with Crippen LogP contribution in [0.2, 0.25) is 0 Å². The first-order chi connectivity index (χ1) is 13.6. The standard InChI is InChI=1S/C20H22N4O3S/c1-24-19(15-9-10-16(26-2)17(11-15)27-3)22-23-20(24)28-13-18(25)21-12-14-7-5-4-6-8-14/h4-11H,12-13H2,1-3H3,(H,21,25). The molecule has 1 amide bonds. The summed E-state index contributed by atoms with van der Waals surface area (Å²) in [6.45, 7) is 0.510. The number of thioether (sulfide) groups is 1. The van der Waals surface area contributed by atoms with Gasteiger partial charge in [0.15, 0.2) is 22.5 Å². The molecule has 1 aromatic heterocycles. The lowest BCUT2D eigenvalue weighted by atomic mass is 10.2. The molecule has 0 bridgehead atoms. The lowest BCUT2D eigenvalue weighted by Gasteiger charge is -2.09. The van der Waals surface area contributed by atoms with Crippen molar-refractivity contribution >= 4 is 17.7 Å². The monoisotopic (exact) mass is 398 g/mol. The number of amides is 1. The minimum Gasteiger partial charge on any atom is -0.493 e. The van der Waals surface area contributed by atoms with Crippen LogP contribution < -0.4 is 14.8 Å². The Kier molecular flexibility index (Phi) is 6.54. The molecule has 0 radical (unpaired) electrons. The number of hydrogen-bond acceptors (Lipinski definition) is 6. The van der Waals surface area contributed by atoms with E-state index in [0.717, 1.165) is 11.1 Å². The topological polar surface area (TPSA) is 78.3 Å². The second kappa shape index (κ2) is 9.27. The van der Waals surface area contributed by atoms with Gasteiger partial charge in [0.2, 0.25) is 5.91 Å². The summed E-state index contributed by atoms with van der Waals surface area (Å²) in [6.07, 6.45) is 0.